The van der Waals surface area contributed by atoms with Crippen LogP contribution in [-0.4, -0.2) is 24.5 Å². The van der Waals surface area contributed by atoms with Gasteiger partial charge in [0.2, 0.25) is 0 Å². The van der Waals surface area contributed by atoms with Crippen LogP contribution in [0.2, 0.25) is 0 Å². The molecule has 24 heavy (non-hydrogen) atoms. The van der Waals surface area contributed by atoms with Crippen LogP contribution in [0, 0.1) is 0 Å². The number of aromatic nitrogens is 1. The summed E-state index contributed by atoms with van der Waals surface area (Å²) in [7, 11) is -4.32. The van der Waals surface area contributed by atoms with Gasteiger partial charge in [0.25, 0.3) is 0 Å². The van der Waals surface area contributed by atoms with Gasteiger partial charge in [0.05, 0.1) is 11.4 Å². The van der Waals surface area contributed by atoms with Crippen LogP contribution in [0.3, 0.4) is 0 Å². The first-order valence-corrected chi connectivity index (χ1v) is 9.62. The molecular weight excluding hydrogens is 344 g/mol. The van der Waals surface area contributed by atoms with Crippen LogP contribution in [0.25, 0.3) is 10.6 Å². The fraction of sp³-hybridized carbons (Fsp3) is 0.118. The van der Waals surface area contributed by atoms with Crippen molar-refractivity contribution in [2.24, 2.45) is 0 Å². The van der Waals surface area contributed by atoms with Crippen molar-refractivity contribution in [3.8, 4) is 10.6 Å². The van der Waals surface area contributed by atoms with Crippen molar-refractivity contribution in [2.75, 3.05) is 10.8 Å². The Morgan fingerprint density at radius 3 is 2.25 bits per heavy atom. The number of rotatable bonds is 6. The maximum Gasteiger partial charge on any atom is 0.359 e. The lowest BCUT2D eigenvalue weighted by atomic mass is 10.2. The van der Waals surface area contributed by atoms with Gasteiger partial charge in [-0.05, 0) is 12.1 Å². The van der Waals surface area contributed by atoms with Gasteiger partial charge >= 0.3 is 10.3 Å². The number of para-hydroxylation sites is 1. The lowest BCUT2D eigenvalue weighted by molar-refractivity contribution is 0.478. The van der Waals surface area contributed by atoms with E-state index in [2.05, 4.69) is 4.98 Å². The molecule has 0 bridgehead atoms. The lowest BCUT2D eigenvalue weighted by Gasteiger charge is -2.20. The Balaban J connectivity index is 1.75. The molecule has 0 spiro atoms. The quantitative estimate of drug-likeness (QED) is 0.681. The van der Waals surface area contributed by atoms with E-state index in [1.165, 1.54) is 11.3 Å². The highest BCUT2D eigenvalue weighted by Gasteiger charge is 2.19. The summed E-state index contributed by atoms with van der Waals surface area (Å²) in [5.74, 6) is 0. The predicted molar refractivity (Wildman–Crippen MR) is 96.6 cm³/mol. The minimum atomic E-state index is -4.32. The van der Waals surface area contributed by atoms with Crippen molar-refractivity contribution in [2.45, 2.75) is 6.42 Å². The Labute approximate surface area is 145 Å². The van der Waals surface area contributed by atoms with E-state index in [4.69, 9.17) is 0 Å². The topological polar surface area (TPSA) is 70.5 Å². The van der Waals surface area contributed by atoms with E-state index in [-0.39, 0.29) is 6.54 Å². The molecule has 0 unspecified atom stereocenters. The lowest BCUT2D eigenvalue weighted by Crippen LogP contribution is -2.32. The second-order valence-corrected chi connectivity index (χ2v) is 7.34. The van der Waals surface area contributed by atoms with Crippen LogP contribution in [0.4, 0.5) is 5.69 Å². The van der Waals surface area contributed by atoms with Crippen LogP contribution >= 0.6 is 11.3 Å². The molecule has 0 radical (unpaired) electrons. The zero-order valence-corrected chi connectivity index (χ0v) is 14.4. The molecule has 0 aliphatic rings. The monoisotopic (exact) mass is 360 g/mol. The molecule has 0 saturated carbocycles. The van der Waals surface area contributed by atoms with E-state index >= 15 is 0 Å². The molecule has 2 aromatic carbocycles. The first-order chi connectivity index (χ1) is 11.5. The second kappa shape index (κ2) is 7.12. The fourth-order valence-electron chi connectivity index (χ4n) is 2.32. The van der Waals surface area contributed by atoms with Gasteiger partial charge in [-0.15, -0.1) is 11.3 Å². The Kier molecular flexibility index (Phi) is 4.94. The molecule has 1 aromatic heterocycles. The minimum Gasteiger partial charge on any atom is -0.269 e. The molecule has 1 N–H and O–H groups in total. The van der Waals surface area contributed by atoms with Crippen LogP contribution < -0.4 is 4.31 Å². The van der Waals surface area contributed by atoms with Gasteiger partial charge in [0.15, 0.2) is 0 Å². The van der Waals surface area contributed by atoms with Crippen molar-refractivity contribution in [3.63, 3.8) is 0 Å². The zero-order chi connectivity index (χ0) is 17.0. The van der Waals surface area contributed by atoms with Gasteiger partial charge in [0, 0.05) is 23.9 Å². The maximum absolute atomic E-state index is 11.6. The van der Waals surface area contributed by atoms with Crippen molar-refractivity contribution >= 4 is 27.3 Å². The molecule has 1 heterocycles. The third-order valence-electron chi connectivity index (χ3n) is 3.47. The third kappa shape index (κ3) is 4.00. The first kappa shape index (κ1) is 16.6. The Morgan fingerprint density at radius 1 is 1.00 bits per heavy atom. The molecule has 7 heteroatoms. The highest BCUT2D eigenvalue weighted by atomic mass is 32.2. The number of anilines is 1. The van der Waals surface area contributed by atoms with E-state index in [1.54, 1.807) is 30.3 Å². The molecular formula is C17H16N2O3S2. The summed E-state index contributed by atoms with van der Waals surface area (Å²) in [5.41, 5.74) is 2.25. The summed E-state index contributed by atoms with van der Waals surface area (Å²) in [6.45, 7) is 0.126. The summed E-state index contributed by atoms with van der Waals surface area (Å²) in [4.78, 5) is 4.54. The molecule has 124 valence electrons. The average Bonchev–Trinajstić information content (AvgIpc) is 3.05. The van der Waals surface area contributed by atoms with Crippen molar-refractivity contribution in [3.05, 3.63) is 71.7 Å². The second-order valence-electron chi connectivity index (χ2n) is 5.15. The van der Waals surface area contributed by atoms with Crippen LogP contribution in [0.1, 0.15) is 5.69 Å². The molecule has 3 aromatic rings. The normalized spacial score (nSPS) is 11.4. The summed E-state index contributed by atoms with van der Waals surface area (Å²) in [6, 6.07) is 18.3. The molecule has 0 atom stereocenters. The van der Waals surface area contributed by atoms with Crippen LogP contribution in [-0.2, 0) is 16.7 Å². The van der Waals surface area contributed by atoms with Crippen molar-refractivity contribution in [1.29, 1.82) is 0 Å². The molecule has 0 aliphatic heterocycles. The SMILES string of the molecule is O=S(=O)(O)N(CCc1csc(-c2ccccc2)n1)c1ccccc1. The smallest absolute Gasteiger partial charge is 0.269 e. The van der Waals surface area contributed by atoms with Gasteiger partial charge in [-0.1, -0.05) is 48.5 Å². The third-order valence-corrected chi connectivity index (χ3v) is 5.36. The van der Waals surface area contributed by atoms with Crippen molar-refractivity contribution < 1.29 is 13.0 Å². The zero-order valence-electron chi connectivity index (χ0n) is 12.7. The minimum absolute atomic E-state index is 0.126. The van der Waals surface area contributed by atoms with Crippen molar-refractivity contribution in [1.82, 2.24) is 4.98 Å². The summed E-state index contributed by atoms with van der Waals surface area (Å²) >= 11 is 1.52. The summed E-state index contributed by atoms with van der Waals surface area (Å²) < 4.78 is 33.7. The average molecular weight is 360 g/mol. The largest absolute Gasteiger partial charge is 0.359 e. The highest BCUT2D eigenvalue weighted by molar-refractivity contribution is 7.87. The van der Waals surface area contributed by atoms with E-state index in [1.807, 2.05) is 35.7 Å². The van der Waals surface area contributed by atoms with E-state index in [9.17, 15) is 13.0 Å². The van der Waals surface area contributed by atoms with E-state index in [0.29, 0.717) is 12.1 Å². The molecule has 0 aliphatic carbocycles. The predicted octanol–water partition coefficient (Wildman–Crippen LogP) is 3.66. The Hall–Kier alpha value is -2.22. The van der Waals surface area contributed by atoms with Crippen LogP contribution in [0.15, 0.2) is 66.0 Å². The van der Waals surface area contributed by atoms with Gasteiger partial charge in [-0.2, -0.15) is 8.42 Å². The van der Waals surface area contributed by atoms with Gasteiger partial charge < -0.3 is 0 Å². The van der Waals surface area contributed by atoms with Crippen LogP contribution in [0.5, 0.6) is 0 Å². The van der Waals surface area contributed by atoms with Gasteiger partial charge in [-0.25, -0.2) is 9.29 Å². The molecule has 3 rings (SSSR count). The number of hydrogen-bond donors (Lipinski definition) is 1. The molecule has 0 amide bonds. The number of thiazole rings is 1. The number of hydrogen-bond acceptors (Lipinski definition) is 4. The van der Waals surface area contributed by atoms with Gasteiger partial charge in [-0.3, -0.25) is 4.55 Å². The number of nitrogens with zero attached hydrogens (tertiary/aromatic N) is 2. The molecule has 5 nitrogen and oxygen atoms in total. The molecule has 0 saturated heterocycles. The summed E-state index contributed by atoms with van der Waals surface area (Å²) in [5, 5.41) is 2.80. The Bertz CT molecular complexity index is 894. The highest BCUT2D eigenvalue weighted by Crippen LogP contribution is 2.24. The first-order valence-electron chi connectivity index (χ1n) is 7.34. The standard InChI is InChI=1S/C17H16N2O3S2/c20-24(21,22)19(16-9-5-2-6-10-16)12-11-15-13-23-17(18-15)14-7-3-1-4-8-14/h1-10,13H,11-12H2,(H,20,21,22). The fourth-order valence-corrected chi connectivity index (χ4v) is 3.89. The van der Waals surface area contributed by atoms with E-state index in [0.717, 1.165) is 20.6 Å². The van der Waals surface area contributed by atoms with E-state index < -0.39 is 10.3 Å². The maximum atomic E-state index is 11.6. The van der Waals surface area contributed by atoms with Gasteiger partial charge in [0.1, 0.15) is 5.01 Å². The molecule has 0 fully saturated rings. The summed E-state index contributed by atoms with van der Waals surface area (Å²) in [6.07, 6.45) is 0.415. The Morgan fingerprint density at radius 2 is 1.62 bits per heavy atom. The number of benzene rings is 2.